The SMILES string of the molecule is Cc1cc(Nc2nc(N[C@@H]3C[C@H]4CC(C(=O)CN(C)Cn5nc(Nc6nc(N[C@@H]7C[C@H]8CCC[C@@H](C7)N8C(=O)c7ccccn7)nc7sccc67)cc5C)C[C@@H](C3)N4)nc3sccc23)n[nH]1. The van der Waals surface area contributed by atoms with E-state index in [1.165, 1.54) is 0 Å². The Labute approximate surface area is 389 Å². The van der Waals surface area contributed by atoms with Crippen LogP contribution in [0, 0.1) is 19.8 Å². The molecule has 1 amide bonds. The second-order valence-corrected chi connectivity index (χ2v) is 20.4. The molecule has 0 spiro atoms. The van der Waals surface area contributed by atoms with Crippen LogP contribution in [0.4, 0.5) is 35.2 Å². The van der Waals surface area contributed by atoms with E-state index < -0.39 is 0 Å². The predicted octanol–water partition coefficient (Wildman–Crippen LogP) is 7.22. The summed E-state index contributed by atoms with van der Waals surface area (Å²) in [5.41, 5.74) is 2.45. The third-order valence-electron chi connectivity index (χ3n) is 13.6. The second kappa shape index (κ2) is 17.9. The Bertz CT molecular complexity index is 2850. The van der Waals surface area contributed by atoms with E-state index in [0.717, 1.165) is 95.4 Å². The first-order valence-corrected chi connectivity index (χ1v) is 24.7. The van der Waals surface area contributed by atoms with Crippen LogP contribution in [0.1, 0.15) is 79.7 Å². The quantitative estimate of drug-likeness (QED) is 0.0636. The number of aryl methyl sites for hydroxylation is 2. The number of aromatic amines is 1. The third kappa shape index (κ3) is 8.93. The van der Waals surface area contributed by atoms with E-state index >= 15 is 0 Å². The number of nitrogens with one attached hydrogen (secondary N) is 6. The molecule has 1 unspecified atom stereocenters. The Balaban J connectivity index is 0.692. The summed E-state index contributed by atoms with van der Waals surface area (Å²) < 4.78 is 1.93. The molecule has 342 valence electrons. The van der Waals surface area contributed by atoms with Crippen molar-refractivity contribution < 1.29 is 9.59 Å². The van der Waals surface area contributed by atoms with Crippen LogP contribution in [0.2, 0.25) is 0 Å². The van der Waals surface area contributed by atoms with Crippen molar-refractivity contribution in [3.05, 3.63) is 76.5 Å². The molecule has 0 radical (unpaired) electrons. The fraction of sp³-hybridized carbons (Fsp3) is 0.457. The summed E-state index contributed by atoms with van der Waals surface area (Å²) in [7, 11) is 1.99. The summed E-state index contributed by atoms with van der Waals surface area (Å²) >= 11 is 3.17. The van der Waals surface area contributed by atoms with Crippen LogP contribution in [-0.2, 0) is 11.5 Å². The molecule has 4 fully saturated rings. The summed E-state index contributed by atoms with van der Waals surface area (Å²) in [4.78, 5) is 57.3. The zero-order valence-electron chi connectivity index (χ0n) is 37.2. The number of carbonyl (C=O) groups is 2. The molecule has 6 N–H and O–H groups in total. The van der Waals surface area contributed by atoms with E-state index in [4.69, 9.17) is 25.0 Å². The number of nitrogens with zero attached hydrogens (tertiary/aromatic N) is 10. The van der Waals surface area contributed by atoms with Crippen molar-refractivity contribution in [3.8, 4) is 0 Å². The second-order valence-electron chi connectivity index (χ2n) is 18.6. The first kappa shape index (κ1) is 42.5. The number of amides is 1. The lowest BCUT2D eigenvalue weighted by Crippen LogP contribution is -2.57. The van der Waals surface area contributed by atoms with Gasteiger partial charge in [-0.3, -0.25) is 29.3 Å². The topological polar surface area (TPSA) is 212 Å². The average Bonchev–Trinajstić information content (AvgIpc) is 4.12. The molecule has 0 aromatic carbocycles. The predicted molar refractivity (Wildman–Crippen MR) is 258 cm³/mol. The van der Waals surface area contributed by atoms with Crippen molar-refractivity contribution in [2.45, 2.75) is 115 Å². The number of rotatable bonds is 14. The number of Topliss-reactive ketones (excluding diaryl/α,β-unsaturated/α-hetero) is 1. The summed E-state index contributed by atoms with van der Waals surface area (Å²) in [6, 6.07) is 14.7. The number of hydrogen-bond donors (Lipinski definition) is 6. The van der Waals surface area contributed by atoms with E-state index in [-0.39, 0.29) is 53.9 Å². The van der Waals surface area contributed by atoms with Gasteiger partial charge >= 0.3 is 0 Å². The van der Waals surface area contributed by atoms with Crippen molar-refractivity contribution in [3.63, 3.8) is 0 Å². The molecule has 4 aliphatic heterocycles. The highest BCUT2D eigenvalue weighted by Gasteiger charge is 2.42. The highest BCUT2D eigenvalue weighted by Crippen LogP contribution is 2.38. The zero-order chi connectivity index (χ0) is 44.9. The molecule has 0 saturated carbocycles. The molecule has 7 aromatic heterocycles. The van der Waals surface area contributed by atoms with Gasteiger partial charge in [0.15, 0.2) is 11.6 Å². The van der Waals surface area contributed by atoms with Crippen LogP contribution in [0.3, 0.4) is 0 Å². The van der Waals surface area contributed by atoms with Gasteiger partial charge < -0.3 is 31.5 Å². The third-order valence-corrected chi connectivity index (χ3v) is 15.2. The Morgan fingerprint density at radius 3 is 2.08 bits per heavy atom. The summed E-state index contributed by atoms with van der Waals surface area (Å²) in [6.45, 7) is 4.82. The highest BCUT2D eigenvalue weighted by molar-refractivity contribution is 7.17. The van der Waals surface area contributed by atoms with Crippen molar-refractivity contribution in [2.75, 3.05) is 34.9 Å². The molecule has 7 atom stereocenters. The van der Waals surface area contributed by atoms with Crippen molar-refractivity contribution in [1.29, 1.82) is 0 Å². The van der Waals surface area contributed by atoms with Gasteiger partial charge in [0.2, 0.25) is 11.9 Å². The van der Waals surface area contributed by atoms with E-state index in [1.54, 1.807) is 28.9 Å². The average molecular weight is 927 g/mol. The van der Waals surface area contributed by atoms with Gasteiger partial charge in [-0.05, 0) is 114 Å². The van der Waals surface area contributed by atoms with Crippen molar-refractivity contribution in [1.82, 2.24) is 60.0 Å². The molecule has 7 aromatic rings. The van der Waals surface area contributed by atoms with E-state index in [2.05, 4.69) is 51.6 Å². The maximum absolute atomic E-state index is 13.9. The standard InChI is InChI=1S/C46H54N16O2S2/c1-25-15-38(58-57-25)51-40-34-10-13-65-42(34)55-45(53-40)49-30-19-28-17-27(18-29(20-30)48-28)37(63)23-60(3)24-61-26(2)16-39(59-61)52-41-35-11-14-66-43(35)56-46(54-41)50-31-21-32-7-6-8-33(22-31)62(32)44(64)36-9-4-5-12-47-36/h4-5,9-16,27-33,48H,6-8,17-24H2,1-3H3,(H2,50,52,54,56,59)(H3,49,51,53,55,57,58)/t27?,28-,29+,30-,31-,32-,33+. The number of likely N-dealkylation sites (N-methyl/N-ethyl adjacent to an activating group) is 1. The Morgan fingerprint density at radius 2 is 1.45 bits per heavy atom. The van der Waals surface area contributed by atoms with Gasteiger partial charge in [0.25, 0.3) is 5.91 Å². The minimum absolute atomic E-state index is 0.00208. The highest BCUT2D eigenvalue weighted by atomic mass is 32.1. The Morgan fingerprint density at radius 1 is 0.803 bits per heavy atom. The van der Waals surface area contributed by atoms with Crippen molar-refractivity contribution >= 4 is 90.0 Å². The largest absolute Gasteiger partial charge is 0.351 e. The van der Waals surface area contributed by atoms with E-state index in [1.807, 2.05) is 78.8 Å². The van der Waals surface area contributed by atoms with Crippen LogP contribution in [0.5, 0.6) is 0 Å². The Kier molecular flexibility index (Phi) is 11.6. The maximum Gasteiger partial charge on any atom is 0.272 e. The molecule has 11 rings (SSSR count). The molecule has 66 heavy (non-hydrogen) atoms. The summed E-state index contributed by atoms with van der Waals surface area (Å²) in [5.74, 6) is 4.28. The summed E-state index contributed by atoms with van der Waals surface area (Å²) in [5, 5.41) is 36.1. The number of ketones is 1. The minimum Gasteiger partial charge on any atom is -0.351 e. The van der Waals surface area contributed by atoms with Crippen LogP contribution in [-0.4, -0.2) is 116 Å². The first-order chi connectivity index (χ1) is 32.1. The number of fused-ring (bicyclic) bond motifs is 6. The fourth-order valence-corrected chi connectivity index (χ4v) is 12.2. The number of thiophene rings is 2. The Hall–Kier alpha value is -6.09. The lowest BCUT2D eigenvalue weighted by atomic mass is 9.76. The van der Waals surface area contributed by atoms with Crippen LogP contribution in [0.15, 0.2) is 59.4 Å². The van der Waals surface area contributed by atoms with Crippen molar-refractivity contribution in [2.24, 2.45) is 5.92 Å². The number of H-pyrrole nitrogens is 1. The summed E-state index contributed by atoms with van der Waals surface area (Å²) in [6.07, 6.45) is 9.83. The van der Waals surface area contributed by atoms with Gasteiger partial charge in [0.1, 0.15) is 32.8 Å². The van der Waals surface area contributed by atoms with Gasteiger partial charge in [-0.1, -0.05) is 6.07 Å². The first-order valence-electron chi connectivity index (χ1n) is 23.0. The van der Waals surface area contributed by atoms with Gasteiger partial charge in [-0.2, -0.15) is 20.2 Å². The maximum atomic E-state index is 13.9. The lowest BCUT2D eigenvalue weighted by Gasteiger charge is -2.48. The minimum atomic E-state index is 0.00208. The fourth-order valence-electron chi connectivity index (χ4n) is 10.7. The molecular formula is C46H54N16O2S2. The van der Waals surface area contributed by atoms with E-state index in [0.29, 0.717) is 48.3 Å². The number of piperidine rings is 4. The number of aromatic nitrogens is 9. The van der Waals surface area contributed by atoms with Crippen LogP contribution in [0.25, 0.3) is 20.4 Å². The zero-order valence-corrected chi connectivity index (χ0v) is 38.8. The normalized spacial score (nSPS) is 23.9. The number of pyridine rings is 1. The number of carbonyl (C=O) groups excluding carboxylic acids is 2. The molecule has 4 saturated heterocycles. The van der Waals surface area contributed by atoms with Gasteiger partial charge in [-0.25, -0.2) is 9.97 Å². The molecule has 11 heterocycles. The smallest absolute Gasteiger partial charge is 0.272 e. The monoisotopic (exact) mass is 926 g/mol. The molecule has 18 nitrogen and oxygen atoms in total. The molecule has 0 aliphatic carbocycles. The lowest BCUT2D eigenvalue weighted by molar-refractivity contribution is -0.126. The molecule has 4 aliphatic rings. The molecule has 4 bridgehead atoms. The molecule has 20 heteroatoms. The van der Waals surface area contributed by atoms with Gasteiger partial charge in [0, 0.05) is 71.9 Å². The van der Waals surface area contributed by atoms with Gasteiger partial charge in [0.05, 0.1) is 24.0 Å². The van der Waals surface area contributed by atoms with Crippen LogP contribution < -0.4 is 26.6 Å². The van der Waals surface area contributed by atoms with Crippen LogP contribution >= 0.6 is 22.7 Å². The van der Waals surface area contributed by atoms with Gasteiger partial charge in [-0.15, -0.1) is 22.7 Å². The number of hydrogen-bond acceptors (Lipinski definition) is 17. The van der Waals surface area contributed by atoms with E-state index in [9.17, 15) is 9.59 Å². The number of anilines is 6. The molecular weight excluding hydrogens is 873 g/mol.